The zero-order chi connectivity index (χ0) is 47.3. The van der Waals surface area contributed by atoms with Gasteiger partial charge >= 0.3 is 0 Å². The van der Waals surface area contributed by atoms with Crippen LogP contribution in [0.15, 0.2) is 195 Å². The molecule has 0 amide bonds. The molecule has 0 saturated carbocycles. The van der Waals surface area contributed by atoms with Crippen LogP contribution in [0.5, 0.6) is 0 Å². The summed E-state index contributed by atoms with van der Waals surface area (Å²) < 4.78 is 74.8. The fourth-order valence-electron chi connectivity index (χ4n) is 8.56. The first-order valence-electron chi connectivity index (χ1n) is 23.7. The molecular weight excluding hydrogens is 873 g/mol. The molecule has 2 saturated heterocycles. The van der Waals surface area contributed by atoms with Crippen molar-refractivity contribution in [1.82, 2.24) is 0 Å². The predicted molar refractivity (Wildman–Crippen MR) is 261 cm³/mol. The Bertz CT molecular complexity index is 2310. The van der Waals surface area contributed by atoms with Crippen LogP contribution in [0.1, 0.15) is 33.4 Å². The van der Waals surface area contributed by atoms with Crippen molar-refractivity contribution in [3.63, 3.8) is 0 Å². The van der Waals surface area contributed by atoms with Crippen molar-refractivity contribution >= 4 is 0 Å². The van der Waals surface area contributed by atoms with E-state index in [1.54, 1.807) is 13.2 Å². The van der Waals surface area contributed by atoms with Crippen LogP contribution >= 0.6 is 0 Å². The third-order valence-corrected chi connectivity index (χ3v) is 12.0. The van der Waals surface area contributed by atoms with E-state index < -0.39 is 61.4 Å². The highest BCUT2D eigenvalue weighted by atomic mass is 16.8. The molecule has 11 nitrogen and oxygen atoms in total. The number of hydrogen-bond acceptors (Lipinski definition) is 11. The largest absolute Gasteiger partial charge is 0.374 e. The van der Waals surface area contributed by atoms with E-state index in [0.29, 0.717) is 19.8 Å². The van der Waals surface area contributed by atoms with Gasteiger partial charge in [0.05, 0.1) is 59.5 Å². The number of rotatable bonds is 26. The molecule has 69 heavy (non-hydrogen) atoms. The van der Waals surface area contributed by atoms with Crippen LogP contribution in [0.4, 0.5) is 0 Å². The Morgan fingerprint density at radius 2 is 0.696 bits per heavy atom. The van der Waals surface area contributed by atoms with Crippen molar-refractivity contribution in [2.45, 2.75) is 101 Å². The summed E-state index contributed by atoms with van der Waals surface area (Å²) >= 11 is 0. The van der Waals surface area contributed by atoms with Gasteiger partial charge in [0.15, 0.2) is 12.6 Å². The minimum atomic E-state index is -1.08. The predicted octanol–water partition coefficient (Wildman–Crippen LogP) is 9.81. The molecule has 362 valence electrons. The maximum absolute atomic E-state index is 7.41. The van der Waals surface area contributed by atoms with E-state index in [0.717, 1.165) is 33.4 Å². The van der Waals surface area contributed by atoms with Gasteiger partial charge < -0.3 is 52.1 Å². The lowest BCUT2D eigenvalue weighted by Gasteiger charge is -2.50. The quantitative estimate of drug-likeness (QED) is 0.0486. The summed E-state index contributed by atoms with van der Waals surface area (Å²) in [6, 6.07) is 60.2. The highest BCUT2D eigenvalue weighted by Crippen LogP contribution is 2.36. The lowest BCUT2D eigenvalue weighted by atomic mass is 9.95. The van der Waals surface area contributed by atoms with Crippen LogP contribution in [-0.4, -0.2) is 88.3 Å². The first-order chi connectivity index (χ1) is 34.1. The second-order valence-electron chi connectivity index (χ2n) is 17.1. The average Bonchev–Trinajstić information content (AvgIpc) is 3.40. The molecule has 6 aromatic carbocycles. The van der Waals surface area contributed by atoms with Gasteiger partial charge in [-0.1, -0.05) is 188 Å². The summed E-state index contributed by atoms with van der Waals surface area (Å²) in [6.07, 6.45) is -6.30. The Morgan fingerprint density at radius 1 is 0.377 bits per heavy atom. The summed E-state index contributed by atoms with van der Waals surface area (Å²) in [6.45, 7) is 6.17. The summed E-state index contributed by atoms with van der Waals surface area (Å²) in [4.78, 5) is 0. The molecule has 8 rings (SSSR count). The van der Waals surface area contributed by atoms with Crippen LogP contribution < -0.4 is 0 Å². The molecule has 2 heterocycles. The zero-order valence-electron chi connectivity index (χ0n) is 39.2. The third-order valence-electron chi connectivity index (χ3n) is 12.0. The third kappa shape index (κ3) is 14.8. The van der Waals surface area contributed by atoms with Crippen molar-refractivity contribution in [3.8, 4) is 0 Å². The first kappa shape index (κ1) is 50.0. The van der Waals surface area contributed by atoms with Crippen molar-refractivity contribution in [2.75, 3.05) is 26.9 Å². The number of benzene rings is 6. The van der Waals surface area contributed by atoms with Crippen molar-refractivity contribution < 1.29 is 52.1 Å². The van der Waals surface area contributed by atoms with Gasteiger partial charge in [0, 0.05) is 7.11 Å². The van der Waals surface area contributed by atoms with E-state index in [1.165, 1.54) is 0 Å². The molecule has 0 aliphatic carbocycles. The Balaban J connectivity index is 1.18. The Kier molecular flexibility index (Phi) is 19.7. The van der Waals surface area contributed by atoms with E-state index in [9.17, 15) is 0 Å². The molecular formula is C58H64O11. The molecule has 0 spiro atoms. The van der Waals surface area contributed by atoms with Gasteiger partial charge in [-0.3, -0.25) is 0 Å². The number of methoxy groups -OCH3 is 1. The fraction of sp³-hybridized carbons (Fsp3) is 0.345. The lowest BCUT2D eigenvalue weighted by Crippen LogP contribution is -2.66. The van der Waals surface area contributed by atoms with Gasteiger partial charge in [0.1, 0.15) is 48.8 Å². The fourth-order valence-corrected chi connectivity index (χ4v) is 8.56. The summed E-state index contributed by atoms with van der Waals surface area (Å²) in [5.41, 5.74) is 5.96. The molecule has 10 atom stereocenters. The van der Waals surface area contributed by atoms with E-state index in [4.69, 9.17) is 52.1 Å². The van der Waals surface area contributed by atoms with Crippen LogP contribution in [0.2, 0.25) is 0 Å². The molecule has 6 aromatic rings. The zero-order valence-corrected chi connectivity index (χ0v) is 39.2. The number of ether oxygens (including phenoxy) is 11. The summed E-state index contributed by atoms with van der Waals surface area (Å²) in [7, 11) is 1.59. The maximum Gasteiger partial charge on any atom is 0.187 e. The Labute approximate surface area is 406 Å². The van der Waals surface area contributed by atoms with E-state index in [-0.39, 0.29) is 39.6 Å². The molecule has 0 radical (unpaired) electrons. The molecule has 0 aromatic heterocycles. The monoisotopic (exact) mass is 936 g/mol. The van der Waals surface area contributed by atoms with Crippen molar-refractivity contribution in [3.05, 3.63) is 228 Å². The molecule has 0 N–H and O–H groups in total. The minimum absolute atomic E-state index is 0.126. The van der Waals surface area contributed by atoms with E-state index in [2.05, 4.69) is 6.58 Å². The molecule has 2 fully saturated rings. The molecule has 2 aliphatic rings. The molecule has 11 heteroatoms. The Morgan fingerprint density at radius 3 is 1.09 bits per heavy atom. The minimum Gasteiger partial charge on any atom is -0.374 e. The topological polar surface area (TPSA) is 102 Å². The Hall–Kier alpha value is -5.38. The van der Waals surface area contributed by atoms with Gasteiger partial charge in [-0.05, 0) is 33.4 Å². The highest BCUT2D eigenvalue weighted by Gasteiger charge is 2.54. The highest BCUT2D eigenvalue weighted by molar-refractivity contribution is 5.18. The van der Waals surface area contributed by atoms with Gasteiger partial charge in [0.2, 0.25) is 0 Å². The smallest absolute Gasteiger partial charge is 0.187 e. The molecule has 0 unspecified atom stereocenters. The van der Waals surface area contributed by atoms with Crippen LogP contribution in [-0.2, 0) is 91.7 Å². The van der Waals surface area contributed by atoms with E-state index >= 15 is 0 Å². The normalized spacial score (nSPS) is 24.7. The van der Waals surface area contributed by atoms with E-state index in [1.807, 2.05) is 182 Å². The first-order valence-corrected chi connectivity index (χ1v) is 23.7. The lowest BCUT2D eigenvalue weighted by molar-refractivity contribution is -0.375. The number of hydrogen-bond donors (Lipinski definition) is 0. The van der Waals surface area contributed by atoms with Gasteiger partial charge in [-0.2, -0.15) is 0 Å². The maximum atomic E-state index is 7.41. The van der Waals surface area contributed by atoms with Crippen LogP contribution in [0.25, 0.3) is 0 Å². The van der Waals surface area contributed by atoms with Crippen LogP contribution in [0.3, 0.4) is 0 Å². The second-order valence-corrected chi connectivity index (χ2v) is 17.1. The molecule has 2 aliphatic heterocycles. The average molecular weight is 937 g/mol. The second kappa shape index (κ2) is 27.1. The SMILES string of the molecule is C=CCO[C@H]1[C@H](OC)O[C@H](COCc2ccccc2)[C@H](O[C@H]2O[C@H](COCc3ccccc3)[C@H](OCc3ccccc3)[C@H](OCc3ccccc3)[C@H]2OCc2ccccc2)[C@@H]1OCc1ccccc1. The summed E-state index contributed by atoms with van der Waals surface area (Å²) in [5.74, 6) is 0. The van der Waals surface area contributed by atoms with Crippen molar-refractivity contribution in [2.24, 2.45) is 0 Å². The van der Waals surface area contributed by atoms with Gasteiger partial charge in [-0.15, -0.1) is 6.58 Å². The van der Waals surface area contributed by atoms with Gasteiger partial charge in [-0.25, -0.2) is 0 Å². The summed E-state index contributed by atoms with van der Waals surface area (Å²) in [5, 5.41) is 0. The van der Waals surface area contributed by atoms with Gasteiger partial charge in [0.25, 0.3) is 0 Å². The molecule has 0 bridgehead atoms. The standard InChI is InChI=1S/C58H64O11/c1-3-34-62-55-54(65-39-47-30-18-8-19-31-47)52(50(67-57(55)59-2)42-61-36-44-24-12-5-13-25-44)69-58-56(66-40-48-32-20-9-21-33-48)53(64-38-46-28-16-7-17-29-46)51(63-37-45-26-14-6-15-27-45)49(68-58)41-60-35-43-22-10-4-11-23-43/h3-33,49-58H,1,34-42H2,2H3/t49-,50-,51+,52+,53+,54+,55-,56-,57-,58-/m1/s1. The van der Waals surface area contributed by atoms with Crippen molar-refractivity contribution in [1.29, 1.82) is 0 Å². The van der Waals surface area contributed by atoms with Crippen LogP contribution in [0, 0.1) is 0 Å².